The molecule has 0 aromatic carbocycles. The second-order valence-electron chi connectivity index (χ2n) is 6.87. The molecule has 7 nitrogen and oxygen atoms in total. The minimum absolute atomic E-state index is 0.220. The van der Waals surface area contributed by atoms with Crippen molar-refractivity contribution in [1.29, 1.82) is 0 Å². The van der Waals surface area contributed by atoms with Gasteiger partial charge in [0.25, 0.3) is 0 Å². The molecule has 22 heavy (non-hydrogen) atoms. The van der Waals surface area contributed by atoms with Crippen LogP contribution in [0.3, 0.4) is 0 Å². The zero-order valence-corrected chi connectivity index (χ0v) is 13.2. The van der Waals surface area contributed by atoms with Crippen LogP contribution >= 0.6 is 0 Å². The first-order chi connectivity index (χ1) is 10.7. The summed E-state index contributed by atoms with van der Waals surface area (Å²) in [7, 11) is 0. The number of amides is 1. The Hall–Kier alpha value is -1.50. The average Bonchev–Trinajstić information content (AvgIpc) is 2.95. The maximum atomic E-state index is 11.9. The van der Waals surface area contributed by atoms with Crippen LogP contribution < -0.4 is 0 Å². The van der Waals surface area contributed by atoms with Crippen LogP contribution in [-0.2, 0) is 11.3 Å². The van der Waals surface area contributed by atoms with Crippen molar-refractivity contribution < 1.29 is 4.79 Å². The van der Waals surface area contributed by atoms with Gasteiger partial charge in [0.2, 0.25) is 5.91 Å². The Morgan fingerprint density at radius 1 is 1.14 bits per heavy atom. The summed E-state index contributed by atoms with van der Waals surface area (Å²) in [6.45, 7) is 4.52. The molecule has 2 aliphatic heterocycles. The molecular weight excluding hydrogens is 280 g/mol. The van der Waals surface area contributed by atoms with Crippen molar-refractivity contribution in [3.63, 3.8) is 0 Å². The number of nitrogens with zero attached hydrogens (tertiary/aromatic N) is 6. The second kappa shape index (κ2) is 5.61. The largest absolute Gasteiger partial charge is 0.338 e. The summed E-state index contributed by atoms with van der Waals surface area (Å²) >= 11 is 0. The Labute approximate surface area is 130 Å². The highest BCUT2D eigenvalue weighted by Gasteiger charge is 2.39. The zero-order chi connectivity index (χ0) is 15.1. The molecule has 3 heterocycles. The maximum Gasteiger partial charge on any atom is 0.219 e. The van der Waals surface area contributed by atoms with E-state index in [1.165, 1.54) is 25.7 Å². The third-order valence-corrected chi connectivity index (χ3v) is 5.36. The molecule has 0 N–H and O–H groups in total. The normalized spacial score (nSPS) is 29.4. The van der Waals surface area contributed by atoms with Gasteiger partial charge in [0.15, 0.2) is 5.82 Å². The maximum absolute atomic E-state index is 11.9. The van der Waals surface area contributed by atoms with Gasteiger partial charge in [-0.05, 0) is 55.5 Å². The molecular formula is C15H24N6O. The Morgan fingerprint density at radius 3 is 2.68 bits per heavy atom. The smallest absolute Gasteiger partial charge is 0.219 e. The molecule has 0 bridgehead atoms. The van der Waals surface area contributed by atoms with E-state index in [9.17, 15) is 4.79 Å². The molecule has 1 aromatic heterocycles. The van der Waals surface area contributed by atoms with Gasteiger partial charge in [-0.2, -0.15) is 0 Å². The van der Waals surface area contributed by atoms with E-state index in [2.05, 4.69) is 25.3 Å². The SMILES string of the molecule is CC(=O)N1CCC[C@@H]1[C@H]1CCCN1Cc1nnnn1C1CC1. The first kappa shape index (κ1) is 14.1. The number of carbonyl (C=O) groups excluding carboxylic acids is 1. The van der Waals surface area contributed by atoms with Crippen molar-refractivity contribution in [3.05, 3.63) is 5.82 Å². The van der Waals surface area contributed by atoms with Gasteiger partial charge < -0.3 is 4.90 Å². The lowest BCUT2D eigenvalue weighted by atomic mass is 10.0. The Balaban J connectivity index is 1.49. The third-order valence-electron chi connectivity index (χ3n) is 5.36. The molecule has 0 spiro atoms. The van der Waals surface area contributed by atoms with Crippen LogP contribution in [0.1, 0.15) is 57.3 Å². The van der Waals surface area contributed by atoms with E-state index in [-0.39, 0.29) is 5.91 Å². The highest BCUT2D eigenvalue weighted by atomic mass is 16.2. The molecule has 2 saturated heterocycles. The van der Waals surface area contributed by atoms with Crippen molar-refractivity contribution in [3.8, 4) is 0 Å². The summed E-state index contributed by atoms with van der Waals surface area (Å²) in [6, 6.07) is 1.37. The van der Waals surface area contributed by atoms with Crippen molar-refractivity contribution in [2.24, 2.45) is 0 Å². The molecule has 1 aliphatic carbocycles. The minimum atomic E-state index is 0.220. The number of hydrogen-bond donors (Lipinski definition) is 0. The quantitative estimate of drug-likeness (QED) is 0.829. The summed E-state index contributed by atoms with van der Waals surface area (Å²) < 4.78 is 2.01. The number of likely N-dealkylation sites (tertiary alicyclic amines) is 2. The van der Waals surface area contributed by atoms with Crippen molar-refractivity contribution in [2.45, 2.75) is 70.1 Å². The van der Waals surface area contributed by atoms with Gasteiger partial charge in [-0.1, -0.05) is 0 Å². The first-order valence-corrected chi connectivity index (χ1v) is 8.52. The molecule has 3 fully saturated rings. The molecule has 1 aromatic rings. The van der Waals surface area contributed by atoms with Crippen LogP contribution in [0.5, 0.6) is 0 Å². The van der Waals surface area contributed by atoms with Gasteiger partial charge in [-0.15, -0.1) is 5.10 Å². The molecule has 1 amide bonds. The fourth-order valence-electron chi connectivity index (χ4n) is 4.17. The molecule has 120 valence electrons. The van der Waals surface area contributed by atoms with E-state index in [1.54, 1.807) is 6.92 Å². The lowest BCUT2D eigenvalue weighted by Gasteiger charge is -2.34. The second-order valence-corrected chi connectivity index (χ2v) is 6.87. The number of carbonyl (C=O) groups is 1. The molecule has 1 saturated carbocycles. The Kier molecular flexibility index (Phi) is 3.60. The zero-order valence-electron chi connectivity index (χ0n) is 13.2. The van der Waals surface area contributed by atoms with E-state index < -0.39 is 0 Å². The molecule has 2 atom stereocenters. The minimum Gasteiger partial charge on any atom is -0.338 e. The predicted molar refractivity (Wildman–Crippen MR) is 79.9 cm³/mol. The molecule has 0 unspecified atom stereocenters. The van der Waals surface area contributed by atoms with Crippen molar-refractivity contribution in [1.82, 2.24) is 30.0 Å². The fraction of sp³-hybridized carbons (Fsp3) is 0.867. The molecule has 7 heteroatoms. The average molecular weight is 304 g/mol. The monoisotopic (exact) mass is 304 g/mol. The first-order valence-electron chi connectivity index (χ1n) is 8.52. The molecule has 0 radical (unpaired) electrons. The van der Waals surface area contributed by atoms with Gasteiger partial charge >= 0.3 is 0 Å². The Morgan fingerprint density at radius 2 is 1.91 bits per heavy atom. The summed E-state index contributed by atoms with van der Waals surface area (Å²) in [5.74, 6) is 1.21. The van der Waals surface area contributed by atoms with E-state index >= 15 is 0 Å². The van der Waals surface area contributed by atoms with Crippen LogP contribution in [0.15, 0.2) is 0 Å². The van der Waals surface area contributed by atoms with Crippen molar-refractivity contribution in [2.75, 3.05) is 13.1 Å². The number of hydrogen-bond acceptors (Lipinski definition) is 5. The topological polar surface area (TPSA) is 67.2 Å². The van der Waals surface area contributed by atoms with Gasteiger partial charge in [0.05, 0.1) is 12.6 Å². The van der Waals surface area contributed by atoms with E-state index in [0.29, 0.717) is 18.1 Å². The third kappa shape index (κ3) is 2.51. The van der Waals surface area contributed by atoms with E-state index in [0.717, 1.165) is 38.3 Å². The van der Waals surface area contributed by atoms with Crippen molar-refractivity contribution >= 4 is 5.91 Å². The van der Waals surface area contributed by atoms with Crippen LogP contribution in [0.2, 0.25) is 0 Å². The van der Waals surface area contributed by atoms with Gasteiger partial charge in [0.1, 0.15) is 0 Å². The van der Waals surface area contributed by atoms with Crippen LogP contribution in [0.25, 0.3) is 0 Å². The van der Waals surface area contributed by atoms with Gasteiger partial charge in [-0.3, -0.25) is 9.69 Å². The summed E-state index contributed by atoms with van der Waals surface area (Å²) in [6.07, 6.45) is 7.05. The molecule has 3 aliphatic rings. The highest BCUT2D eigenvalue weighted by molar-refractivity contribution is 5.74. The molecule has 4 rings (SSSR count). The predicted octanol–water partition coefficient (Wildman–Crippen LogP) is 0.983. The van der Waals surface area contributed by atoms with Crippen LogP contribution in [-0.4, -0.2) is 61.1 Å². The van der Waals surface area contributed by atoms with E-state index in [4.69, 9.17) is 0 Å². The lowest BCUT2D eigenvalue weighted by Crippen LogP contribution is -2.47. The van der Waals surface area contributed by atoms with Gasteiger partial charge in [-0.25, -0.2) is 4.68 Å². The standard InChI is InChI=1S/C15H24N6O/c1-11(22)20-9-3-5-14(20)13-4-2-8-19(13)10-15-16-17-18-21(15)12-6-7-12/h12-14H,2-10H2,1H3/t13-,14-/m1/s1. The van der Waals surface area contributed by atoms with Crippen LogP contribution in [0, 0.1) is 0 Å². The summed E-state index contributed by atoms with van der Waals surface area (Å²) in [4.78, 5) is 16.4. The van der Waals surface area contributed by atoms with Gasteiger partial charge in [0, 0.05) is 25.6 Å². The Bertz CT molecular complexity index is 554. The number of rotatable bonds is 4. The highest BCUT2D eigenvalue weighted by Crippen LogP contribution is 2.35. The van der Waals surface area contributed by atoms with E-state index in [1.807, 2.05) is 4.68 Å². The summed E-state index contributed by atoms with van der Waals surface area (Å²) in [5, 5.41) is 12.2. The number of tetrazole rings is 1. The summed E-state index contributed by atoms with van der Waals surface area (Å²) in [5.41, 5.74) is 0. The number of aromatic nitrogens is 4. The fourth-order valence-corrected chi connectivity index (χ4v) is 4.17. The van der Waals surface area contributed by atoms with Crippen LogP contribution in [0.4, 0.5) is 0 Å². The lowest BCUT2D eigenvalue weighted by molar-refractivity contribution is -0.130.